The van der Waals surface area contributed by atoms with E-state index in [9.17, 15) is 0 Å². The monoisotopic (exact) mass is 201 g/mol. The van der Waals surface area contributed by atoms with Gasteiger partial charge in [-0.3, -0.25) is 0 Å². The Hall–Kier alpha value is -0.120. The van der Waals surface area contributed by atoms with Crippen molar-refractivity contribution in [3.05, 3.63) is 0 Å². The fraction of sp³-hybridized carbons (Fsp3) is 1.00. The van der Waals surface area contributed by atoms with Crippen LogP contribution in [-0.4, -0.2) is 31.5 Å². The second-order valence-corrected chi connectivity index (χ2v) is 5.15. The Kier molecular flexibility index (Phi) is 3.93. The van der Waals surface area contributed by atoms with Gasteiger partial charge in [-0.25, -0.2) is 0 Å². The molecule has 2 atom stereocenters. The van der Waals surface area contributed by atoms with Crippen LogP contribution in [0.2, 0.25) is 0 Å². The fourth-order valence-electron chi connectivity index (χ4n) is 1.66. The molecule has 1 rings (SSSR count). The molecule has 0 radical (unpaired) electrons. The van der Waals surface area contributed by atoms with Crippen molar-refractivity contribution in [2.24, 2.45) is 11.1 Å². The summed E-state index contributed by atoms with van der Waals surface area (Å²) in [5, 5.41) is 0. The van der Waals surface area contributed by atoms with Crippen molar-refractivity contribution in [3.8, 4) is 0 Å². The number of rotatable bonds is 4. The Labute approximate surface area is 86.9 Å². The zero-order valence-electron chi connectivity index (χ0n) is 9.75. The van der Waals surface area contributed by atoms with E-state index in [0.717, 1.165) is 19.6 Å². The first-order valence-corrected chi connectivity index (χ1v) is 5.44. The van der Waals surface area contributed by atoms with Gasteiger partial charge in [0.1, 0.15) is 6.10 Å². The molecule has 0 spiro atoms. The van der Waals surface area contributed by atoms with Crippen LogP contribution in [0.15, 0.2) is 0 Å². The van der Waals surface area contributed by atoms with Gasteiger partial charge in [0.05, 0.1) is 19.3 Å². The van der Waals surface area contributed by atoms with Gasteiger partial charge in [-0.15, -0.1) is 0 Å². The SMILES string of the molecule is CCC(N)C(OC1COC1)C(C)(C)C. The standard InChI is InChI=1S/C11H23NO2/c1-5-9(12)10(11(2,3)4)14-8-6-13-7-8/h8-10H,5-7,12H2,1-4H3. The Morgan fingerprint density at radius 1 is 1.43 bits per heavy atom. The Morgan fingerprint density at radius 2 is 2.00 bits per heavy atom. The molecule has 3 nitrogen and oxygen atoms in total. The van der Waals surface area contributed by atoms with E-state index in [1.54, 1.807) is 0 Å². The lowest BCUT2D eigenvalue weighted by atomic mass is 9.83. The largest absolute Gasteiger partial charge is 0.376 e. The molecule has 0 aromatic carbocycles. The summed E-state index contributed by atoms with van der Waals surface area (Å²) in [5.74, 6) is 0. The maximum atomic E-state index is 6.06. The third-order valence-electron chi connectivity index (χ3n) is 2.66. The van der Waals surface area contributed by atoms with E-state index in [1.807, 2.05) is 0 Å². The summed E-state index contributed by atoms with van der Waals surface area (Å²) in [6, 6.07) is 0.121. The molecule has 2 unspecified atom stereocenters. The van der Waals surface area contributed by atoms with Crippen molar-refractivity contribution < 1.29 is 9.47 Å². The first-order chi connectivity index (χ1) is 6.45. The minimum atomic E-state index is 0.102. The third-order valence-corrected chi connectivity index (χ3v) is 2.66. The zero-order valence-corrected chi connectivity index (χ0v) is 9.75. The zero-order chi connectivity index (χ0) is 10.8. The van der Waals surface area contributed by atoms with E-state index in [-0.39, 0.29) is 23.7 Å². The van der Waals surface area contributed by atoms with E-state index in [2.05, 4.69) is 27.7 Å². The summed E-state index contributed by atoms with van der Waals surface area (Å²) < 4.78 is 11.0. The predicted molar refractivity (Wildman–Crippen MR) is 57.2 cm³/mol. The molecule has 3 heteroatoms. The van der Waals surface area contributed by atoms with Gasteiger partial charge in [0.25, 0.3) is 0 Å². The fourth-order valence-corrected chi connectivity index (χ4v) is 1.66. The molecule has 0 aromatic heterocycles. The molecule has 14 heavy (non-hydrogen) atoms. The molecule has 1 heterocycles. The quantitative estimate of drug-likeness (QED) is 0.750. The molecule has 0 aliphatic carbocycles. The first-order valence-electron chi connectivity index (χ1n) is 5.44. The molecule has 1 saturated heterocycles. The van der Waals surface area contributed by atoms with E-state index >= 15 is 0 Å². The van der Waals surface area contributed by atoms with Crippen molar-refractivity contribution in [1.82, 2.24) is 0 Å². The van der Waals surface area contributed by atoms with Gasteiger partial charge in [0.15, 0.2) is 0 Å². The van der Waals surface area contributed by atoms with Gasteiger partial charge in [-0.2, -0.15) is 0 Å². The molecule has 1 fully saturated rings. The average Bonchev–Trinajstić information content (AvgIpc) is 1.98. The van der Waals surface area contributed by atoms with Crippen molar-refractivity contribution >= 4 is 0 Å². The van der Waals surface area contributed by atoms with Crippen molar-refractivity contribution in [2.45, 2.75) is 52.4 Å². The van der Waals surface area contributed by atoms with Gasteiger partial charge in [-0.05, 0) is 11.8 Å². The summed E-state index contributed by atoms with van der Waals surface area (Å²) in [5.41, 5.74) is 6.17. The Morgan fingerprint density at radius 3 is 2.29 bits per heavy atom. The minimum Gasteiger partial charge on any atom is -0.376 e. The summed E-state index contributed by atoms with van der Waals surface area (Å²) in [4.78, 5) is 0. The topological polar surface area (TPSA) is 44.5 Å². The van der Waals surface area contributed by atoms with E-state index in [0.29, 0.717) is 0 Å². The maximum absolute atomic E-state index is 6.06. The lowest BCUT2D eigenvalue weighted by Gasteiger charge is -2.39. The number of ether oxygens (including phenoxy) is 2. The molecule has 84 valence electrons. The van der Waals surface area contributed by atoms with E-state index in [1.165, 1.54) is 0 Å². The molecule has 0 aromatic rings. The minimum absolute atomic E-state index is 0.102. The predicted octanol–water partition coefficient (Wildman–Crippen LogP) is 1.55. The van der Waals surface area contributed by atoms with Crippen LogP contribution in [0.5, 0.6) is 0 Å². The summed E-state index contributed by atoms with van der Waals surface area (Å²) in [6.45, 7) is 10.1. The lowest BCUT2D eigenvalue weighted by molar-refractivity contribution is -0.180. The van der Waals surface area contributed by atoms with Crippen LogP contribution in [0.1, 0.15) is 34.1 Å². The molecule has 2 N–H and O–H groups in total. The van der Waals surface area contributed by atoms with Crippen LogP contribution in [0.3, 0.4) is 0 Å². The van der Waals surface area contributed by atoms with Crippen LogP contribution in [-0.2, 0) is 9.47 Å². The number of hydrogen-bond acceptors (Lipinski definition) is 3. The van der Waals surface area contributed by atoms with Crippen LogP contribution in [0.25, 0.3) is 0 Å². The summed E-state index contributed by atoms with van der Waals surface area (Å²) >= 11 is 0. The van der Waals surface area contributed by atoms with E-state index < -0.39 is 0 Å². The third kappa shape index (κ3) is 2.94. The second-order valence-electron chi connectivity index (χ2n) is 5.15. The highest BCUT2D eigenvalue weighted by Gasteiger charge is 2.34. The van der Waals surface area contributed by atoms with Crippen molar-refractivity contribution in [1.29, 1.82) is 0 Å². The Bertz CT molecular complexity index is 173. The van der Waals surface area contributed by atoms with Gasteiger partial charge in [0.2, 0.25) is 0 Å². The van der Waals surface area contributed by atoms with Gasteiger partial charge in [-0.1, -0.05) is 27.7 Å². The molecule has 1 aliphatic heterocycles. The molecule has 1 aliphatic rings. The highest BCUT2D eigenvalue weighted by Crippen LogP contribution is 2.27. The van der Waals surface area contributed by atoms with Gasteiger partial charge < -0.3 is 15.2 Å². The van der Waals surface area contributed by atoms with Crippen molar-refractivity contribution in [3.63, 3.8) is 0 Å². The maximum Gasteiger partial charge on any atom is 0.105 e. The van der Waals surface area contributed by atoms with Crippen LogP contribution in [0, 0.1) is 5.41 Å². The molecule has 0 amide bonds. The normalized spacial score (nSPS) is 22.9. The average molecular weight is 201 g/mol. The van der Waals surface area contributed by atoms with E-state index in [4.69, 9.17) is 15.2 Å². The number of nitrogens with two attached hydrogens (primary N) is 1. The summed E-state index contributed by atoms with van der Waals surface area (Å²) in [7, 11) is 0. The highest BCUT2D eigenvalue weighted by atomic mass is 16.6. The molecular weight excluding hydrogens is 178 g/mol. The first kappa shape index (κ1) is 12.0. The van der Waals surface area contributed by atoms with Gasteiger partial charge >= 0.3 is 0 Å². The van der Waals surface area contributed by atoms with Crippen LogP contribution in [0.4, 0.5) is 0 Å². The molecule has 0 saturated carbocycles. The lowest BCUT2D eigenvalue weighted by Crippen LogP contribution is -2.50. The highest BCUT2D eigenvalue weighted by molar-refractivity contribution is 4.85. The molecular formula is C11H23NO2. The van der Waals surface area contributed by atoms with Gasteiger partial charge in [0, 0.05) is 6.04 Å². The molecule has 0 bridgehead atoms. The van der Waals surface area contributed by atoms with Crippen molar-refractivity contribution in [2.75, 3.05) is 13.2 Å². The number of hydrogen-bond donors (Lipinski definition) is 1. The van der Waals surface area contributed by atoms with Crippen LogP contribution >= 0.6 is 0 Å². The Balaban J connectivity index is 2.51. The summed E-state index contributed by atoms with van der Waals surface area (Å²) in [6.07, 6.45) is 1.34. The second kappa shape index (κ2) is 4.60. The van der Waals surface area contributed by atoms with Crippen LogP contribution < -0.4 is 5.73 Å². The smallest absolute Gasteiger partial charge is 0.105 e.